The number of rotatable bonds is 6. The maximum Gasteiger partial charge on any atom is 0.264 e. The Kier molecular flexibility index (Phi) is 4.30. The summed E-state index contributed by atoms with van der Waals surface area (Å²) in [5, 5.41) is 0. The molecule has 4 heteroatoms. The Morgan fingerprint density at radius 2 is 1.43 bits per heavy atom. The third-order valence-corrected chi connectivity index (χ3v) is 5.27. The molecule has 0 saturated carbocycles. The fourth-order valence-corrected chi connectivity index (χ4v) is 4.26. The maximum atomic E-state index is 11.3. The van der Waals surface area contributed by atoms with E-state index in [1.165, 1.54) is 22.3 Å². The second-order valence-electron chi connectivity index (χ2n) is 6.20. The number of hydrogen-bond donors (Lipinski definition) is 0. The molecule has 122 valence electrons. The third kappa shape index (κ3) is 2.93. The van der Waals surface area contributed by atoms with Crippen LogP contribution in [-0.4, -0.2) is 21.3 Å². The first-order valence-corrected chi connectivity index (χ1v) is 9.83. The summed E-state index contributed by atoms with van der Waals surface area (Å²) >= 11 is 0. The molecule has 0 spiro atoms. The van der Waals surface area contributed by atoms with Crippen molar-refractivity contribution >= 4 is 10.1 Å². The van der Waals surface area contributed by atoms with Gasteiger partial charge in [-0.3, -0.25) is 4.18 Å². The lowest BCUT2D eigenvalue weighted by Gasteiger charge is -2.31. The summed E-state index contributed by atoms with van der Waals surface area (Å²) in [6, 6.07) is 16.9. The minimum atomic E-state index is -3.41. The SMILES string of the molecule is CCCC1(CCOS(C)(=O)=O)c2ccccc2-c2ccccc21. The number of benzene rings is 2. The largest absolute Gasteiger partial charge is 0.270 e. The van der Waals surface area contributed by atoms with Gasteiger partial charge >= 0.3 is 0 Å². The van der Waals surface area contributed by atoms with Crippen molar-refractivity contribution in [2.45, 2.75) is 31.6 Å². The van der Waals surface area contributed by atoms with E-state index in [0.717, 1.165) is 19.1 Å². The average Bonchev–Trinajstić information content (AvgIpc) is 2.79. The van der Waals surface area contributed by atoms with E-state index in [1.807, 2.05) is 0 Å². The van der Waals surface area contributed by atoms with Crippen molar-refractivity contribution in [3.05, 3.63) is 59.7 Å². The van der Waals surface area contributed by atoms with Gasteiger partial charge in [0.15, 0.2) is 0 Å². The van der Waals surface area contributed by atoms with Crippen LogP contribution in [0, 0.1) is 0 Å². The van der Waals surface area contributed by atoms with Gasteiger partial charge in [0, 0.05) is 5.41 Å². The quantitative estimate of drug-likeness (QED) is 0.748. The molecule has 0 bridgehead atoms. The molecule has 0 fully saturated rings. The molecule has 0 aliphatic heterocycles. The second kappa shape index (κ2) is 6.10. The monoisotopic (exact) mass is 330 g/mol. The van der Waals surface area contributed by atoms with E-state index in [9.17, 15) is 8.42 Å². The Morgan fingerprint density at radius 3 is 1.91 bits per heavy atom. The van der Waals surface area contributed by atoms with Crippen LogP contribution in [0.1, 0.15) is 37.3 Å². The van der Waals surface area contributed by atoms with Gasteiger partial charge in [-0.1, -0.05) is 61.9 Å². The number of hydrogen-bond acceptors (Lipinski definition) is 3. The summed E-state index contributed by atoms with van der Waals surface area (Å²) in [5.41, 5.74) is 4.94. The van der Waals surface area contributed by atoms with Gasteiger partial charge in [0.05, 0.1) is 12.9 Å². The zero-order valence-electron chi connectivity index (χ0n) is 13.6. The Hall–Kier alpha value is -1.65. The molecule has 0 aromatic heterocycles. The molecule has 0 heterocycles. The van der Waals surface area contributed by atoms with Crippen molar-refractivity contribution in [1.29, 1.82) is 0 Å². The second-order valence-corrected chi connectivity index (χ2v) is 7.84. The van der Waals surface area contributed by atoms with Crippen LogP contribution in [0.5, 0.6) is 0 Å². The molecular formula is C19H22O3S. The standard InChI is InChI=1S/C19H22O3S/c1-3-12-19(13-14-22-23(2,20)21)17-10-6-4-8-15(17)16-9-5-7-11-18(16)19/h4-11H,3,12-14H2,1-2H3. The molecule has 0 unspecified atom stereocenters. The normalized spacial score (nSPS) is 15.2. The summed E-state index contributed by atoms with van der Waals surface area (Å²) < 4.78 is 27.7. The molecule has 2 aromatic carbocycles. The van der Waals surface area contributed by atoms with Crippen LogP contribution in [0.4, 0.5) is 0 Å². The first-order valence-electron chi connectivity index (χ1n) is 8.02. The van der Waals surface area contributed by atoms with Crippen LogP contribution in [0.2, 0.25) is 0 Å². The van der Waals surface area contributed by atoms with Crippen LogP contribution >= 0.6 is 0 Å². The molecule has 0 N–H and O–H groups in total. The van der Waals surface area contributed by atoms with Crippen molar-refractivity contribution in [2.75, 3.05) is 12.9 Å². The maximum absolute atomic E-state index is 11.3. The first-order chi connectivity index (χ1) is 11.0. The molecule has 1 aliphatic rings. The molecule has 2 aromatic rings. The predicted molar refractivity (Wildman–Crippen MR) is 93.0 cm³/mol. The van der Waals surface area contributed by atoms with Crippen LogP contribution in [0.25, 0.3) is 11.1 Å². The predicted octanol–water partition coefficient (Wildman–Crippen LogP) is 4.12. The van der Waals surface area contributed by atoms with Crippen molar-refractivity contribution < 1.29 is 12.6 Å². The molecule has 0 atom stereocenters. The summed E-state index contributed by atoms with van der Waals surface area (Å²) in [6.45, 7) is 2.38. The van der Waals surface area contributed by atoms with Crippen LogP contribution in [-0.2, 0) is 19.7 Å². The smallest absolute Gasteiger partial charge is 0.264 e. The van der Waals surface area contributed by atoms with E-state index < -0.39 is 10.1 Å². The minimum absolute atomic E-state index is 0.160. The molecule has 23 heavy (non-hydrogen) atoms. The minimum Gasteiger partial charge on any atom is -0.270 e. The summed E-state index contributed by atoms with van der Waals surface area (Å²) in [7, 11) is -3.41. The van der Waals surface area contributed by atoms with E-state index in [2.05, 4.69) is 55.5 Å². The first kappa shape index (κ1) is 16.2. The molecule has 0 saturated heterocycles. The Labute approximate surface area is 138 Å². The van der Waals surface area contributed by atoms with Crippen LogP contribution in [0.15, 0.2) is 48.5 Å². The zero-order chi connectivity index (χ0) is 16.5. The van der Waals surface area contributed by atoms with Gasteiger partial charge in [-0.15, -0.1) is 0 Å². The van der Waals surface area contributed by atoms with Crippen molar-refractivity contribution in [2.24, 2.45) is 0 Å². The summed E-state index contributed by atoms with van der Waals surface area (Å²) in [4.78, 5) is 0. The lowest BCUT2D eigenvalue weighted by Crippen LogP contribution is -2.27. The lowest BCUT2D eigenvalue weighted by molar-refractivity contribution is 0.274. The molecule has 0 amide bonds. The van der Waals surface area contributed by atoms with E-state index >= 15 is 0 Å². The van der Waals surface area contributed by atoms with E-state index in [0.29, 0.717) is 6.42 Å². The molecule has 3 nitrogen and oxygen atoms in total. The van der Waals surface area contributed by atoms with Crippen LogP contribution in [0.3, 0.4) is 0 Å². The summed E-state index contributed by atoms with van der Waals surface area (Å²) in [5.74, 6) is 0. The fourth-order valence-electron chi connectivity index (χ4n) is 3.87. The van der Waals surface area contributed by atoms with Gasteiger partial charge in [0.1, 0.15) is 0 Å². The van der Waals surface area contributed by atoms with Gasteiger partial charge in [-0.2, -0.15) is 8.42 Å². The van der Waals surface area contributed by atoms with E-state index in [-0.39, 0.29) is 12.0 Å². The van der Waals surface area contributed by atoms with E-state index in [4.69, 9.17) is 4.18 Å². The summed E-state index contributed by atoms with van der Waals surface area (Å²) in [6.07, 6.45) is 3.79. The number of fused-ring (bicyclic) bond motifs is 3. The zero-order valence-corrected chi connectivity index (χ0v) is 14.4. The molecule has 3 rings (SSSR count). The average molecular weight is 330 g/mol. The third-order valence-electron chi connectivity index (χ3n) is 4.68. The Balaban J connectivity index is 2.07. The van der Waals surface area contributed by atoms with Crippen molar-refractivity contribution in [1.82, 2.24) is 0 Å². The van der Waals surface area contributed by atoms with Gasteiger partial charge in [-0.05, 0) is 35.1 Å². The van der Waals surface area contributed by atoms with Gasteiger partial charge in [0.25, 0.3) is 10.1 Å². The van der Waals surface area contributed by atoms with E-state index in [1.54, 1.807) is 0 Å². The molecule has 1 aliphatic carbocycles. The lowest BCUT2D eigenvalue weighted by atomic mass is 9.72. The highest BCUT2D eigenvalue weighted by molar-refractivity contribution is 7.85. The van der Waals surface area contributed by atoms with Gasteiger partial charge < -0.3 is 0 Å². The topological polar surface area (TPSA) is 43.4 Å². The van der Waals surface area contributed by atoms with Gasteiger partial charge in [0.2, 0.25) is 0 Å². The Morgan fingerprint density at radius 1 is 0.913 bits per heavy atom. The Bertz CT molecular complexity index is 763. The van der Waals surface area contributed by atoms with Crippen molar-refractivity contribution in [3.8, 4) is 11.1 Å². The highest BCUT2D eigenvalue weighted by Crippen LogP contribution is 2.52. The highest BCUT2D eigenvalue weighted by Gasteiger charge is 2.41. The van der Waals surface area contributed by atoms with Crippen LogP contribution < -0.4 is 0 Å². The highest BCUT2D eigenvalue weighted by atomic mass is 32.2. The van der Waals surface area contributed by atoms with Gasteiger partial charge in [-0.25, -0.2) is 0 Å². The van der Waals surface area contributed by atoms with Crippen molar-refractivity contribution in [3.63, 3.8) is 0 Å². The molecular weight excluding hydrogens is 308 g/mol. The molecule has 0 radical (unpaired) electrons. The fraction of sp³-hybridized carbons (Fsp3) is 0.368.